The summed E-state index contributed by atoms with van der Waals surface area (Å²) in [6.45, 7) is 3.58. The Morgan fingerprint density at radius 1 is 1.10 bits per heavy atom. The lowest BCUT2D eigenvalue weighted by molar-refractivity contribution is -0.136. The standard InChI is InChI=1S/C28H35N5O5S/c34-24-11-10-22(25(35)31-24)33-18-19-16-20(8-9-21(19)27(33)37)38-15-7-2-1-4-12-29-26(36)23-17-30-28(39-23)32-13-5-3-6-14-32/h8-9,16-17,22H,1-7,10-15,18H2,(H,29,36)(H,31,34,35). The Labute approximate surface area is 232 Å². The SMILES string of the molecule is O=C1CCC(N2Cc3cc(OCCCCCCNC(=O)c4cnc(N5CCCCC5)s4)ccc3C2=O)C(=O)N1. The fraction of sp³-hybridized carbons (Fsp3) is 0.536. The summed E-state index contributed by atoms with van der Waals surface area (Å²) in [4.78, 5) is 57.8. The van der Waals surface area contributed by atoms with Crippen LogP contribution in [0, 0.1) is 0 Å². The molecule has 0 aliphatic carbocycles. The number of fused-ring (bicyclic) bond motifs is 1. The second-order valence-electron chi connectivity index (χ2n) is 10.3. The van der Waals surface area contributed by atoms with Crippen molar-refractivity contribution in [1.82, 2.24) is 20.5 Å². The number of aromatic nitrogens is 1. The predicted octanol–water partition coefficient (Wildman–Crippen LogP) is 3.26. The molecule has 39 heavy (non-hydrogen) atoms. The van der Waals surface area contributed by atoms with Crippen LogP contribution in [0.1, 0.15) is 83.4 Å². The van der Waals surface area contributed by atoms with Gasteiger partial charge in [-0.05, 0) is 62.3 Å². The number of carbonyl (C=O) groups excluding carboxylic acids is 4. The molecule has 3 aliphatic heterocycles. The summed E-state index contributed by atoms with van der Waals surface area (Å²) >= 11 is 1.47. The first kappa shape index (κ1) is 27.1. The van der Waals surface area contributed by atoms with Gasteiger partial charge in [0.25, 0.3) is 11.8 Å². The van der Waals surface area contributed by atoms with E-state index in [0.29, 0.717) is 42.3 Å². The first-order valence-electron chi connectivity index (χ1n) is 13.9. The van der Waals surface area contributed by atoms with Gasteiger partial charge in [-0.1, -0.05) is 24.2 Å². The molecule has 0 radical (unpaired) electrons. The largest absolute Gasteiger partial charge is 0.494 e. The molecule has 4 amide bonds. The molecular weight excluding hydrogens is 518 g/mol. The molecule has 0 spiro atoms. The third kappa shape index (κ3) is 6.58. The average Bonchev–Trinajstić information content (AvgIpc) is 3.56. The fourth-order valence-corrected chi connectivity index (χ4v) is 6.19. The highest BCUT2D eigenvalue weighted by molar-refractivity contribution is 7.17. The number of ether oxygens (including phenoxy) is 1. The van der Waals surface area contributed by atoms with E-state index in [2.05, 4.69) is 20.5 Å². The van der Waals surface area contributed by atoms with Crippen LogP contribution in [0.15, 0.2) is 24.4 Å². The Bertz CT molecular complexity index is 1220. The second kappa shape index (κ2) is 12.6. The Morgan fingerprint density at radius 2 is 1.92 bits per heavy atom. The van der Waals surface area contributed by atoms with E-state index in [1.165, 1.54) is 35.5 Å². The lowest BCUT2D eigenvalue weighted by Crippen LogP contribution is -2.52. The summed E-state index contributed by atoms with van der Waals surface area (Å²) in [7, 11) is 0. The monoisotopic (exact) mass is 553 g/mol. The van der Waals surface area contributed by atoms with Gasteiger partial charge in [0.1, 0.15) is 16.7 Å². The van der Waals surface area contributed by atoms with Crippen LogP contribution in [0.2, 0.25) is 0 Å². The van der Waals surface area contributed by atoms with Crippen molar-refractivity contribution in [3.05, 3.63) is 40.4 Å². The van der Waals surface area contributed by atoms with Gasteiger partial charge in [0.05, 0.1) is 12.8 Å². The summed E-state index contributed by atoms with van der Waals surface area (Å²) < 4.78 is 5.90. The second-order valence-corrected chi connectivity index (χ2v) is 11.3. The van der Waals surface area contributed by atoms with Gasteiger partial charge < -0.3 is 19.9 Å². The molecule has 2 aromatic rings. The molecule has 1 atom stereocenters. The Kier molecular flexibility index (Phi) is 8.75. The van der Waals surface area contributed by atoms with Crippen LogP contribution in [-0.4, -0.2) is 65.8 Å². The van der Waals surface area contributed by atoms with Gasteiger partial charge in [0, 0.05) is 38.2 Å². The van der Waals surface area contributed by atoms with Crippen molar-refractivity contribution in [2.75, 3.05) is 31.1 Å². The maximum absolute atomic E-state index is 12.8. The molecule has 5 rings (SSSR count). The number of hydrogen-bond acceptors (Lipinski definition) is 8. The summed E-state index contributed by atoms with van der Waals surface area (Å²) in [5.41, 5.74) is 1.41. The van der Waals surface area contributed by atoms with Crippen LogP contribution in [0.3, 0.4) is 0 Å². The van der Waals surface area contributed by atoms with Crippen LogP contribution in [0.5, 0.6) is 5.75 Å². The average molecular weight is 554 g/mol. The minimum Gasteiger partial charge on any atom is -0.494 e. The number of benzene rings is 1. The van der Waals surface area contributed by atoms with E-state index >= 15 is 0 Å². The summed E-state index contributed by atoms with van der Waals surface area (Å²) in [5.74, 6) is -0.235. The van der Waals surface area contributed by atoms with Gasteiger partial charge in [-0.15, -0.1) is 0 Å². The lowest BCUT2D eigenvalue weighted by Gasteiger charge is -2.29. The predicted molar refractivity (Wildman–Crippen MR) is 147 cm³/mol. The molecule has 2 N–H and O–H groups in total. The number of rotatable bonds is 11. The highest BCUT2D eigenvalue weighted by Gasteiger charge is 2.39. The molecule has 1 aromatic carbocycles. The first-order chi connectivity index (χ1) is 19.0. The Morgan fingerprint density at radius 3 is 2.74 bits per heavy atom. The zero-order valence-corrected chi connectivity index (χ0v) is 22.9. The van der Waals surface area contributed by atoms with E-state index in [4.69, 9.17) is 4.74 Å². The fourth-order valence-electron chi connectivity index (χ4n) is 5.30. The van der Waals surface area contributed by atoms with Crippen LogP contribution < -0.4 is 20.3 Å². The van der Waals surface area contributed by atoms with E-state index in [1.54, 1.807) is 18.3 Å². The van der Waals surface area contributed by atoms with E-state index in [0.717, 1.165) is 49.5 Å². The van der Waals surface area contributed by atoms with Crippen molar-refractivity contribution >= 4 is 40.1 Å². The first-order valence-corrected chi connectivity index (χ1v) is 14.7. The van der Waals surface area contributed by atoms with E-state index in [9.17, 15) is 19.2 Å². The highest BCUT2D eigenvalue weighted by atomic mass is 32.1. The Balaban J connectivity index is 0.970. The molecule has 1 unspecified atom stereocenters. The molecule has 2 saturated heterocycles. The van der Waals surface area contributed by atoms with Gasteiger partial charge in [-0.25, -0.2) is 4.98 Å². The molecule has 1 aromatic heterocycles. The van der Waals surface area contributed by atoms with Crippen molar-refractivity contribution in [3.8, 4) is 5.75 Å². The normalized spacial score (nSPS) is 19.2. The minimum atomic E-state index is -0.615. The maximum Gasteiger partial charge on any atom is 0.263 e. The number of anilines is 1. The number of thiazole rings is 1. The van der Waals surface area contributed by atoms with Crippen LogP contribution in [0.4, 0.5) is 5.13 Å². The Hall–Kier alpha value is -3.47. The topological polar surface area (TPSA) is 121 Å². The lowest BCUT2D eigenvalue weighted by atomic mass is 10.0. The molecule has 10 nitrogen and oxygen atoms in total. The number of nitrogens with zero attached hydrogens (tertiary/aromatic N) is 3. The highest BCUT2D eigenvalue weighted by Crippen LogP contribution is 2.30. The number of carbonyl (C=O) groups is 4. The van der Waals surface area contributed by atoms with Gasteiger partial charge in [0.15, 0.2) is 5.13 Å². The smallest absolute Gasteiger partial charge is 0.263 e. The molecule has 3 aliphatic rings. The van der Waals surface area contributed by atoms with Crippen molar-refractivity contribution in [3.63, 3.8) is 0 Å². The molecule has 0 saturated carbocycles. The van der Waals surface area contributed by atoms with Gasteiger partial charge >= 0.3 is 0 Å². The summed E-state index contributed by atoms with van der Waals surface area (Å²) in [6, 6.07) is 4.79. The zero-order valence-electron chi connectivity index (χ0n) is 22.1. The van der Waals surface area contributed by atoms with E-state index < -0.39 is 11.9 Å². The molecule has 208 valence electrons. The molecule has 0 bridgehead atoms. The number of hydrogen-bond donors (Lipinski definition) is 2. The number of amides is 4. The van der Waals surface area contributed by atoms with Crippen molar-refractivity contribution in [2.24, 2.45) is 0 Å². The van der Waals surface area contributed by atoms with Crippen LogP contribution >= 0.6 is 11.3 Å². The molecule has 2 fully saturated rings. The maximum atomic E-state index is 12.8. The number of nitrogens with one attached hydrogen (secondary N) is 2. The van der Waals surface area contributed by atoms with Gasteiger partial charge in [-0.2, -0.15) is 0 Å². The van der Waals surface area contributed by atoms with Gasteiger partial charge in [0.2, 0.25) is 11.8 Å². The number of unbranched alkanes of at least 4 members (excludes halogenated alkanes) is 3. The van der Waals surface area contributed by atoms with Crippen molar-refractivity contribution in [2.45, 2.75) is 70.4 Å². The van der Waals surface area contributed by atoms with Crippen LogP contribution in [0.25, 0.3) is 0 Å². The van der Waals surface area contributed by atoms with Crippen molar-refractivity contribution < 1.29 is 23.9 Å². The molecule has 11 heteroatoms. The third-order valence-corrected chi connectivity index (χ3v) is 8.52. The van der Waals surface area contributed by atoms with E-state index in [-0.39, 0.29) is 24.1 Å². The number of imide groups is 1. The van der Waals surface area contributed by atoms with Gasteiger partial charge in [-0.3, -0.25) is 24.5 Å². The van der Waals surface area contributed by atoms with Crippen LogP contribution in [-0.2, 0) is 16.1 Å². The summed E-state index contributed by atoms with van der Waals surface area (Å²) in [6.07, 6.45) is 9.68. The minimum absolute atomic E-state index is 0.0506. The van der Waals surface area contributed by atoms with E-state index in [1.807, 2.05) is 6.07 Å². The summed E-state index contributed by atoms with van der Waals surface area (Å²) in [5, 5.41) is 6.27. The third-order valence-electron chi connectivity index (χ3n) is 7.46. The molecular formula is C28H35N5O5S. The van der Waals surface area contributed by atoms with Crippen molar-refractivity contribution in [1.29, 1.82) is 0 Å². The quantitative estimate of drug-likeness (QED) is 0.324. The zero-order chi connectivity index (χ0) is 27.2. The molecule has 4 heterocycles. The number of piperidine rings is 2.